The van der Waals surface area contributed by atoms with Crippen LogP contribution in [0.25, 0.3) is 0 Å². The summed E-state index contributed by atoms with van der Waals surface area (Å²) in [6.07, 6.45) is 0. The van der Waals surface area contributed by atoms with Gasteiger partial charge in [-0.15, -0.1) is 0 Å². The lowest BCUT2D eigenvalue weighted by Crippen LogP contribution is -2.31. The van der Waals surface area contributed by atoms with Gasteiger partial charge in [-0.2, -0.15) is 0 Å². The first-order valence-corrected chi connectivity index (χ1v) is 6.45. The van der Waals surface area contributed by atoms with E-state index in [0.717, 1.165) is 11.1 Å². The summed E-state index contributed by atoms with van der Waals surface area (Å²) >= 11 is 0. The lowest BCUT2D eigenvalue weighted by Gasteiger charge is -2.17. The zero-order valence-corrected chi connectivity index (χ0v) is 11.5. The average Bonchev–Trinajstić information content (AvgIpc) is 2.41. The van der Waals surface area contributed by atoms with Crippen molar-refractivity contribution in [3.05, 3.63) is 65.5 Å². The highest BCUT2D eigenvalue weighted by atomic mass is 19.1. The Balaban J connectivity index is 2.02. The molecule has 0 radical (unpaired) electrons. The van der Waals surface area contributed by atoms with Gasteiger partial charge in [0.05, 0.1) is 11.7 Å². The standard InChI is InChI=1S/C16H17FN2O/c1-11-7-3-4-8-13(11)12(2)18-16(20)19-15-10-6-5-9-14(15)17/h3-10,12H,1-2H3,(H2,18,19,20). The highest BCUT2D eigenvalue weighted by Gasteiger charge is 2.12. The number of anilines is 1. The molecule has 0 fully saturated rings. The highest BCUT2D eigenvalue weighted by molar-refractivity contribution is 5.89. The Hall–Kier alpha value is -2.36. The molecule has 2 N–H and O–H groups in total. The van der Waals surface area contributed by atoms with Gasteiger partial charge in [-0.1, -0.05) is 36.4 Å². The molecule has 104 valence electrons. The Morgan fingerprint density at radius 3 is 2.45 bits per heavy atom. The normalized spacial score (nSPS) is 11.8. The summed E-state index contributed by atoms with van der Waals surface area (Å²) in [4.78, 5) is 11.9. The van der Waals surface area contributed by atoms with E-state index in [1.807, 2.05) is 38.1 Å². The van der Waals surface area contributed by atoms with Gasteiger partial charge in [-0.3, -0.25) is 0 Å². The van der Waals surface area contributed by atoms with E-state index < -0.39 is 11.8 Å². The van der Waals surface area contributed by atoms with Gasteiger partial charge < -0.3 is 10.6 Å². The van der Waals surface area contributed by atoms with Crippen LogP contribution < -0.4 is 10.6 Å². The van der Waals surface area contributed by atoms with Gasteiger partial charge in [-0.25, -0.2) is 9.18 Å². The fourth-order valence-corrected chi connectivity index (χ4v) is 2.07. The summed E-state index contributed by atoms with van der Waals surface area (Å²) in [6, 6.07) is 13.3. The van der Waals surface area contributed by atoms with E-state index in [4.69, 9.17) is 0 Å². The number of rotatable bonds is 3. The van der Waals surface area contributed by atoms with Crippen LogP contribution in [-0.4, -0.2) is 6.03 Å². The van der Waals surface area contributed by atoms with E-state index in [1.54, 1.807) is 12.1 Å². The lowest BCUT2D eigenvalue weighted by molar-refractivity contribution is 0.249. The molecule has 0 bridgehead atoms. The van der Waals surface area contributed by atoms with Crippen LogP contribution in [0.4, 0.5) is 14.9 Å². The molecule has 0 saturated heterocycles. The maximum absolute atomic E-state index is 13.4. The van der Waals surface area contributed by atoms with Crippen molar-refractivity contribution in [3.63, 3.8) is 0 Å². The molecule has 1 unspecified atom stereocenters. The number of carbonyl (C=O) groups excluding carboxylic acids is 1. The monoisotopic (exact) mass is 272 g/mol. The molecule has 0 aromatic heterocycles. The third-order valence-corrected chi connectivity index (χ3v) is 3.12. The summed E-state index contributed by atoms with van der Waals surface area (Å²) in [7, 11) is 0. The number of urea groups is 1. The largest absolute Gasteiger partial charge is 0.331 e. The predicted octanol–water partition coefficient (Wildman–Crippen LogP) is 4.02. The predicted molar refractivity (Wildman–Crippen MR) is 78.1 cm³/mol. The minimum Gasteiger partial charge on any atom is -0.331 e. The molecule has 0 heterocycles. The molecule has 2 aromatic carbocycles. The second-order valence-electron chi connectivity index (χ2n) is 4.66. The SMILES string of the molecule is Cc1ccccc1C(C)NC(=O)Nc1ccccc1F. The smallest absolute Gasteiger partial charge is 0.319 e. The average molecular weight is 272 g/mol. The Morgan fingerprint density at radius 2 is 1.75 bits per heavy atom. The molecule has 3 nitrogen and oxygen atoms in total. The molecule has 1 atom stereocenters. The van der Waals surface area contributed by atoms with Crippen molar-refractivity contribution in [2.24, 2.45) is 0 Å². The maximum atomic E-state index is 13.4. The zero-order valence-electron chi connectivity index (χ0n) is 11.5. The molecule has 0 spiro atoms. The molecule has 2 amide bonds. The molecular weight excluding hydrogens is 255 g/mol. The Kier molecular flexibility index (Phi) is 4.35. The second-order valence-corrected chi connectivity index (χ2v) is 4.66. The molecular formula is C16H17FN2O. The van der Waals surface area contributed by atoms with Crippen molar-refractivity contribution < 1.29 is 9.18 Å². The molecule has 2 aromatic rings. The van der Waals surface area contributed by atoms with Gasteiger partial charge in [0.25, 0.3) is 0 Å². The van der Waals surface area contributed by atoms with Crippen LogP contribution in [0, 0.1) is 12.7 Å². The van der Waals surface area contributed by atoms with Crippen molar-refractivity contribution >= 4 is 11.7 Å². The van der Waals surface area contributed by atoms with Crippen LogP contribution in [0.1, 0.15) is 24.1 Å². The summed E-state index contributed by atoms with van der Waals surface area (Å²) in [5.74, 6) is -0.453. The van der Waals surface area contributed by atoms with Crippen LogP contribution in [0.5, 0.6) is 0 Å². The van der Waals surface area contributed by atoms with Gasteiger partial charge in [0, 0.05) is 0 Å². The molecule has 2 rings (SSSR count). The lowest BCUT2D eigenvalue weighted by atomic mass is 10.0. The number of aryl methyl sites for hydroxylation is 1. The van der Waals surface area contributed by atoms with Crippen LogP contribution in [0.2, 0.25) is 0 Å². The van der Waals surface area contributed by atoms with Gasteiger partial charge in [0.1, 0.15) is 5.82 Å². The van der Waals surface area contributed by atoms with Crippen molar-refractivity contribution in [1.29, 1.82) is 0 Å². The minimum absolute atomic E-state index is 0.150. The van der Waals surface area contributed by atoms with Gasteiger partial charge in [0.2, 0.25) is 0 Å². The highest BCUT2D eigenvalue weighted by Crippen LogP contribution is 2.17. The van der Waals surface area contributed by atoms with E-state index in [1.165, 1.54) is 12.1 Å². The number of carbonyl (C=O) groups is 1. The summed E-state index contributed by atoms with van der Waals surface area (Å²) in [6.45, 7) is 3.88. The first-order valence-electron chi connectivity index (χ1n) is 6.45. The van der Waals surface area contributed by atoms with E-state index >= 15 is 0 Å². The summed E-state index contributed by atoms with van der Waals surface area (Å²) in [5, 5.41) is 5.30. The maximum Gasteiger partial charge on any atom is 0.319 e. The third-order valence-electron chi connectivity index (χ3n) is 3.12. The van der Waals surface area contributed by atoms with Crippen LogP contribution >= 0.6 is 0 Å². The van der Waals surface area contributed by atoms with Crippen molar-refractivity contribution in [2.45, 2.75) is 19.9 Å². The molecule has 0 aliphatic rings. The van der Waals surface area contributed by atoms with Gasteiger partial charge in [0.15, 0.2) is 0 Å². The number of halogens is 1. The van der Waals surface area contributed by atoms with Crippen molar-refractivity contribution in [3.8, 4) is 0 Å². The Labute approximate surface area is 117 Å². The minimum atomic E-state index is -0.453. The van der Waals surface area contributed by atoms with Gasteiger partial charge >= 0.3 is 6.03 Å². The molecule has 4 heteroatoms. The van der Waals surface area contributed by atoms with Crippen LogP contribution in [-0.2, 0) is 0 Å². The summed E-state index contributed by atoms with van der Waals surface area (Å²) < 4.78 is 13.4. The number of hydrogen-bond donors (Lipinski definition) is 2. The van der Waals surface area contributed by atoms with Gasteiger partial charge in [-0.05, 0) is 37.1 Å². The fraction of sp³-hybridized carbons (Fsp3) is 0.188. The molecule has 0 aliphatic heterocycles. The van der Waals surface area contributed by atoms with Crippen molar-refractivity contribution in [1.82, 2.24) is 5.32 Å². The van der Waals surface area contributed by atoms with E-state index in [0.29, 0.717) is 0 Å². The zero-order chi connectivity index (χ0) is 14.5. The molecule has 0 aliphatic carbocycles. The first-order chi connectivity index (χ1) is 9.58. The topological polar surface area (TPSA) is 41.1 Å². The molecule has 20 heavy (non-hydrogen) atoms. The number of benzene rings is 2. The Bertz CT molecular complexity index is 613. The van der Waals surface area contributed by atoms with Crippen LogP contribution in [0.15, 0.2) is 48.5 Å². The van der Waals surface area contributed by atoms with E-state index in [9.17, 15) is 9.18 Å². The van der Waals surface area contributed by atoms with Crippen LogP contribution in [0.3, 0.4) is 0 Å². The first kappa shape index (κ1) is 14.1. The number of para-hydroxylation sites is 1. The summed E-state index contributed by atoms with van der Waals surface area (Å²) in [5.41, 5.74) is 2.31. The number of hydrogen-bond acceptors (Lipinski definition) is 1. The second kappa shape index (κ2) is 6.19. The third kappa shape index (κ3) is 3.35. The number of amides is 2. The Morgan fingerprint density at radius 1 is 1.10 bits per heavy atom. The van der Waals surface area contributed by atoms with E-state index in [2.05, 4.69) is 10.6 Å². The van der Waals surface area contributed by atoms with E-state index in [-0.39, 0.29) is 11.7 Å². The van der Waals surface area contributed by atoms with Crippen molar-refractivity contribution in [2.75, 3.05) is 5.32 Å². The number of nitrogens with one attached hydrogen (secondary N) is 2. The fourth-order valence-electron chi connectivity index (χ4n) is 2.07. The molecule has 0 saturated carbocycles. The quantitative estimate of drug-likeness (QED) is 0.870.